The Labute approximate surface area is 63.8 Å². The largest absolute Gasteiger partial charge is 0.481 e. The summed E-state index contributed by atoms with van der Waals surface area (Å²) in [6.07, 6.45) is 1.73. The maximum atomic E-state index is 10.5. The van der Waals surface area contributed by atoms with E-state index >= 15 is 0 Å². The zero-order chi connectivity index (χ0) is 8.43. The third-order valence-corrected chi connectivity index (χ3v) is 2.15. The highest BCUT2D eigenvalue weighted by molar-refractivity contribution is 5.80. The monoisotopic (exact) mass is 158 g/mol. The summed E-state index contributed by atoms with van der Waals surface area (Å²) in [5.41, 5.74) is 0. The van der Waals surface area contributed by atoms with Crippen molar-refractivity contribution in [1.29, 1.82) is 0 Å². The normalized spacial score (nSPS) is 30.2. The molecular weight excluding hydrogens is 148 g/mol. The molecule has 1 aliphatic rings. The van der Waals surface area contributed by atoms with Gasteiger partial charge in [0.2, 0.25) is 0 Å². The Morgan fingerprint density at radius 3 is 1.64 bits per heavy atom. The van der Waals surface area contributed by atoms with Crippen molar-refractivity contribution in [2.45, 2.75) is 19.3 Å². The van der Waals surface area contributed by atoms with E-state index in [2.05, 4.69) is 0 Å². The van der Waals surface area contributed by atoms with Gasteiger partial charge in [0.15, 0.2) is 0 Å². The molecule has 1 unspecified atom stereocenters. The molecule has 0 aromatic carbocycles. The molecule has 0 bridgehead atoms. The summed E-state index contributed by atoms with van der Waals surface area (Å²) in [5, 5.41) is 17.1. The van der Waals surface area contributed by atoms with E-state index in [1.807, 2.05) is 0 Å². The molecule has 1 aliphatic carbocycles. The molecule has 62 valence electrons. The van der Waals surface area contributed by atoms with E-state index in [-0.39, 0.29) is 0 Å². The van der Waals surface area contributed by atoms with Gasteiger partial charge in [0, 0.05) is 0 Å². The van der Waals surface area contributed by atoms with Crippen molar-refractivity contribution >= 4 is 11.9 Å². The van der Waals surface area contributed by atoms with Crippen LogP contribution in [0.25, 0.3) is 0 Å². The predicted molar refractivity (Wildman–Crippen MR) is 36.1 cm³/mol. The van der Waals surface area contributed by atoms with E-state index in [4.69, 9.17) is 10.2 Å². The van der Waals surface area contributed by atoms with Crippen LogP contribution in [-0.2, 0) is 9.59 Å². The summed E-state index contributed by atoms with van der Waals surface area (Å²) in [6.45, 7) is 0. The second kappa shape index (κ2) is 2.90. The Hall–Kier alpha value is -1.06. The molecule has 4 heteroatoms. The smallest absolute Gasteiger partial charge is 0.307 e. The molecule has 1 rings (SSSR count). The molecular formula is C7H10O4. The standard InChI is InChI=1S/C7H10O4/c8-6(9)4-2-1-3-5(4)7(10)11/h4-5H,1-3H2,(H,8,9)(H,10,11)/t4-,5?/m0/s1. The minimum absolute atomic E-state index is 0.506. The lowest BCUT2D eigenvalue weighted by atomic mass is 9.97. The summed E-state index contributed by atoms with van der Waals surface area (Å²) < 4.78 is 0. The van der Waals surface area contributed by atoms with Crippen LogP contribution in [0.4, 0.5) is 0 Å². The molecule has 0 spiro atoms. The summed E-state index contributed by atoms with van der Waals surface area (Å²) in [7, 11) is 0. The van der Waals surface area contributed by atoms with Crippen molar-refractivity contribution in [3.63, 3.8) is 0 Å². The maximum absolute atomic E-state index is 10.5. The van der Waals surface area contributed by atoms with Gasteiger partial charge in [-0.2, -0.15) is 0 Å². The van der Waals surface area contributed by atoms with Crippen molar-refractivity contribution in [2.24, 2.45) is 11.8 Å². The lowest BCUT2D eigenvalue weighted by molar-refractivity contribution is -0.152. The first-order valence-corrected chi connectivity index (χ1v) is 3.58. The van der Waals surface area contributed by atoms with Crippen LogP contribution in [0.3, 0.4) is 0 Å². The van der Waals surface area contributed by atoms with Crippen LogP contribution in [-0.4, -0.2) is 22.2 Å². The Kier molecular flexibility index (Phi) is 2.12. The van der Waals surface area contributed by atoms with E-state index in [1.165, 1.54) is 0 Å². The molecule has 11 heavy (non-hydrogen) atoms. The first-order valence-electron chi connectivity index (χ1n) is 3.58. The molecule has 1 fully saturated rings. The van der Waals surface area contributed by atoms with Crippen LogP contribution in [0.5, 0.6) is 0 Å². The van der Waals surface area contributed by atoms with Gasteiger partial charge in [-0.25, -0.2) is 0 Å². The fourth-order valence-electron chi connectivity index (χ4n) is 1.55. The highest BCUT2D eigenvalue weighted by atomic mass is 16.4. The number of aliphatic carboxylic acids is 2. The van der Waals surface area contributed by atoms with Gasteiger partial charge in [0.05, 0.1) is 11.8 Å². The first-order chi connectivity index (χ1) is 5.13. The van der Waals surface area contributed by atoms with Gasteiger partial charge in [0.1, 0.15) is 0 Å². The predicted octanol–water partition coefficient (Wildman–Crippen LogP) is 0.572. The Balaban J connectivity index is 2.65. The van der Waals surface area contributed by atoms with Crippen LogP contribution in [0.1, 0.15) is 19.3 Å². The SMILES string of the molecule is O=C(O)C1CCC[C@@H]1C(=O)O. The zero-order valence-corrected chi connectivity index (χ0v) is 5.99. The van der Waals surface area contributed by atoms with Gasteiger partial charge >= 0.3 is 11.9 Å². The van der Waals surface area contributed by atoms with E-state index in [9.17, 15) is 9.59 Å². The van der Waals surface area contributed by atoms with Crippen molar-refractivity contribution in [2.75, 3.05) is 0 Å². The van der Waals surface area contributed by atoms with Gasteiger partial charge in [-0.1, -0.05) is 6.42 Å². The van der Waals surface area contributed by atoms with Crippen LogP contribution in [0.15, 0.2) is 0 Å². The van der Waals surface area contributed by atoms with Crippen LogP contribution in [0.2, 0.25) is 0 Å². The summed E-state index contributed by atoms with van der Waals surface area (Å²) in [6, 6.07) is 0. The summed E-state index contributed by atoms with van der Waals surface area (Å²) >= 11 is 0. The van der Waals surface area contributed by atoms with E-state index in [1.54, 1.807) is 0 Å². The molecule has 0 aliphatic heterocycles. The molecule has 0 aromatic rings. The Bertz CT molecular complexity index is 167. The molecule has 1 saturated carbocycles. The highest BCUT2D eigenvalue weighted by Crippen LogP contribution is 2.31. The average Bonchev–Trinajstić information content (AvgIpc) is 2.32. The molecule has 0 heterocycles. The van der Waals surface area contributed by atoms with Gasteiger partial charge < -0.3 is 10.2 Å². The molecule has 0 radical (unpaired) electrons. The van der Waals surface area contributed by atoms with Gasteiger partial charge in [-0.05, 0) is 12.8 Å². The zero-order valence-electron chi connectivity index (χ0n) is 5.99. The van der Waals surface area contributed by atoms with Crippen molar-refractivity contribution in [3.8, 4) is 0 Å². The number of carboxylic acid groups (broad SMARTS) is 2. The quantitative estimate of drug-likeness (QED) is 0.616. The average molecular weight is 158 g/mol. The number of carboxylic acids is 2. The third-order valence-electron chi connectivity index (χ3n) is 2.15. The van der Waals surface area contributed by atoms with E-state index < -0.39 is 23.8 Å². The van der Waals surface area contributed by atoms with Crippen LogP contribution < -0.4 is 0 Å². The Morgan fingerprint density at radius 2 is 1.36 bits per heavy atom. The second-order valence-corrected chi connectivity index (χ2v) is 2.82. The van der Waals surface area contributed by atoms with Crippen molar-refractivity contribution in [1.82, 2.24) is 0 Å². The topological polar surface area (TPSA) is 74.6 Å². The molecule has 4 nitrogen and oxygen atoms in total. The molecule has 0 amide bonds. The summed E-state index contributed by atoms with van der Waals surface area (Å²) in [5.74, 6) is -3.27. The molecule has 0 aromatic heterocycles. The second-order valence-electron chi connectivity index (χ2n) is 2.82. The lowest BCUT2D eigenvalue weighted by Crippen LogP contribution is -2.24. The van der Waals surface area contributed by atoms with Gasteiger partial charge in [-0.15, -0.1) is 0 Å². The fourth-order valence-corrected chi connectivity index (χ4v) is 1.55. The number of rotatable bonds is 2. The van der Waals surface area contributed by atoms with Gasteiger partial charge in [-0.3, -0.25) is 9.59 Å². The van der Waals surface area contributed by atoms with E-state index in [0.717, 1.165) is 0 Å². The highest BCUT2D eigenvalue weighted by Gasteiger charge is 2.37. The summed E-state index contributed by atoms with van der Waals surface area (Å²) in [4.78, 5) is 20.9. The van der Waals surface area contributed by atoms with Crippen molar-refractivity contribution in [3.05, 3.63) is 0 Å². The lowest BCUT2D eigenvalue weighted by Gasteiger charge is -2.09. The molecule has 2 atom stereocenters. The maximum Gasteiger partial charge on any atom is 0.307 e. The number of hydrogen-bond acceptors (Lipinski definition) is 2. The third kappa shape index (κ3) is 1.50. The van der Waals surface area contributed by atoms with Gasteiger partial charge in [0.25, 0.3) is 0 Å². The minimum atomic E-state index is -0.977. The first kappa shape index (κ1) is 8.04. The van der Waals surface area contributed by atoms with Crippen LogP contribution in [0, 0.1) is 11.8 Å². The number of carbonyl (C=O) groups is 2. The number of hydrogen-bond donors (Lipinski definition) is 2. The minimum Gasteiger partial charge on any atom is -0.481 e. The molecule has 0 saturated heterocycles. The Morgan fingerprint density at radius 1 is 1.00 bits per heavy atom. The van der Waals surface area contributed by atoms with E-state index in [0.29, 0.717) is 19.3 Å². The fraction of sp³-hybridized carbons (Fsp3) is 0.714. The molecule has 2 N–H and O–H groups in total. The van der Waals surface area contributed by atoms with Crippen molar-refractivity contribution < 1.29 is 19.8 Å². The van der Waals surface area contributed by atoms with Crippen LogP contribution >= 0.6 is 0 Å².